The quantitative estimate of drug-likeness (QED) is 0.525. The zero-order chi connectivity index (χ0) is 23.7. The minimum atomic E-state index is -1.03. The summed E-state index contributed by atoms with van der Waals surface area (Å²) in [5, 5.41) is 33.5. The molecule has 1 aliphatic heterocycles. The molecule has 3 aromatic carbocycles. The normalized spacial score (nSPS) is 15.8. The van der Waals surface area contributed by atoms with E-state index in [4.69, 9.17) is 0 Å². The highest BCUT2D eigenvalue weighted by Gasteiger charge is 2.34. The number of carbonyl (C=O) groups excluding carboxylic acids is 1. The highest BCUT2D eigenvalue weighted by Crippen LogP contribution is 2.33. The van der Waals surface area contributed by atoms with Crippen molar-refractivity contribution in [3.05, 3.63) is 77.4 Å². The number of carboxylic acid groups (broad SMARTS) is 1. The molecule has 8 nitrogen and oxygen atoms in total. The monoisotopic (exact) mass is 442 g/mol. The molecule has 1 unspecified atom stereocenters. The Kier molecular flexibility index (Phi) is 5.74. The molecule has 4 rings (SSSR count). The van der Waals surface area contributed by atoms with Crippen molar-refractivity contribution in [2.75, 3.05) is 5.01 Å². The zero-order valence-corrected chi connectivity index (χ0v) is 18.4. The maximum Gasteiger partial charge on any atom is 0.335 e. The Morgan fingerprint density at radius 1 is 0.970 bits per heavy atom. The van der Waals surface area contributed by atoms with Gasteiger partial charge in [0.15, 0.2) is 6.04 Å². The maximum atomic E-state index is 12.9. The first-order valence-electron chi connectivity index (χ1n) is 10.3. The van der Waals surface area contributed by atoms with Gasteiger partial charge >= 0.3 is 5.97 Å². The van der Waals surface area contributed by atoms with Crippen molar-refractivity contribution in [1.29, 1.82) is 0 Å². The molecule has 0 radical (unpaired) electrons. The van der Waals surface area contributed by atoms with Crippen LogP contribution in [0.5, 0.6) is 5.75 Å². The number of carbonyl (C=O) groups is 2. The highest BCUT2D eigenvalue weighted by atomic mass is 16.4. The van der Waals surface area contributed by atoms with E-state index in [1.165, 1.54) is 23.2 Å². The summed E-state index contributed by atoms with van der Waals surface area (Å²) >= 11 is 0. The molecular formula is C25H22N4O4. The average Bonchev–Trinajstić information content (AvgIpc) is 3.08. The first kappa shape index (κ1) is 21.9. The molecule has 166 valence electrons. The van der Waals surface area contributed by atoms with E-state index < -0.39 is 12.0 Å². The molecule has 0 saturated carbocycles. The van der Waals surface area contributed by atoms with E-state index in [1.807, 2.05) is 32.0 Å². The SMILES string of the molecule is CC1=NN(c2ccc(C)c(C)c2)C(=O)C1N=Nc1ccc(-c2cccc(C(=O)O)c2)cc1O. The number of nitrogens with zero attached hydrogens (tertiary/aromatic N) is 4. The van der Waals surface area contributed by atoms with Gasteiger partial charge in [-0.3, -0.25) is 4.79 Å². The molecule has 8 heteroatoms. The van der Waals surface area contributed by atoms with Gasteiger partial charge in [0.2, 0.25) is 0 Å². The predicted octanol–water partition coefficient (Wildman–Crippen LogP) is 5.25. The Morgan fingerprint density at radius 3 is 2.42 bits per heavy atom. The molecule has 2 N–H and O–H groups in total. The number of aromatic hydroxyl groups is 1. The number of amides is 1. The van der Waals surface area contributed by atoms with Crippen LogP contribution in [0.1, 0.15) is 28.4 Å². The largest absolute Gasteiger partial charge is 0.506 e. The van der Waals surface area contributed by atoms with Gasteiger partial charge in [-0.05, 0) is 79.4 Å². The number of phenolic OH excluding ortho intramolecular Hbond substituents is 1. The second kappa shape index (κ2) is 8.66. The van der Waals surface area contributed by atoms with Crippen LogP contribution in [-0.4, -0.2) is 33.8 Å². The second-order valence-corrected chi connectivity index (χ2v) is 7.87. The Balaban J connectivity index is 1.55. The van der Waals surface area contributed by atoms with Crippen LogP contribution in [0.2, 0.25) is 0 Å². The van der Waals surface area contributed by atoms with E-state index >= 15 is 0 Å². The number of aromatic carboxylic acids is 1. The summed E-state index contributed by atoms with van der Waals surface area (Å²) in [6.45, 7) is 5.68. The number of rotatable bonds is 5. The van der Waals surface area contributed by atoms with Crippen LogP contribution in [0.4, 0.5) is 11.4 Å². The summed E-state index contributed by atoms with van der Waals surface area (Å²) in [4.78, 5) is 24.1. The standard InChI is InChI=1S/C25H22N4O4/c1-14-7-9-20(11-15(14)2)29-24(31)23(16(3)28-29)27-26-21-10-8-18(13-22(21)30)17-5-4-6-19(12-17)25(32)33/h4-13,23,30H,1-3H3,(H,32,33). The molecule has 0 fully saturated rings. The van der Waals surface area contributed by atoms with Gasteiger partial charge in [-0.25, -0.2) is 4.79 Å². The van der Waals surface area contributed by atoms with Crippen LogP contribution in [0.15, 0.2) is 76.0 Å². The van der Waals surface area contributed by atoms with Crippen LogP contribution in [0, 0.1) is 13.8 Å². The molecule has 3 aromatic rings. The third kappa shape index (κ3) is 4.36. The van der Waals surface area contributed by atoms with Gasteiger partial charge in [0.05, 0.1) is 17.0 Å². The number of phenols is 1. The first-order valence-corrected chi connectivity index (χ1v) is 10.3. The molecule has 0 aromatic heterocycles. The zero-order valence-electron chi connectivity index (χ0n) is 18.4. The molecular weight excluding hydrogens is 420 g/mol. The van der Waals surface area contributed by atoms with Crippen molar-refractivity contribution in [3.8, 4) is 16.9 Å². The lowest BCUT2D eigenvalue weighted by Crippen LogP contribution is -2.29. The van der Waals surface area contributed by atoms with Gasteiger partial charge in [0.1, 0.15) is 11.4 Å². The third-order valence-corrected chi connectivity index (χ3v) is 5.53. The van der Waals surface area contributed by atoms with E-state index in [1.54, 1.807) is 31.2 Å². The number of hydrazone groups is 1. The van der Waals surface area contributed by atoms with Crippen LogP contribution in [0.25, 0.3) is 11.1 Å². The van der Waals surface area contributed by atoms with E-state index in [0.717, 1.165) is 11.1 Å². The summed E-state index contributed by atoms with van der Waals surface area (Å²) < 4.78 is 0. The van der Waals surface area contributed by atoms with E-state index in [2.05, 4.69) is 15.3 Å². The van der Waals surface area contributed by atoms with Crippen molar-refractivity contribution < 1.29 is 19.8 Å². The lowest BCUT2D eigenvalue weighted by atomic mass is 10.0. The number of carboxylic acids is 1. The van der Waals surface area contributed by atoms with Gasteiger partial charge in [0, 0.05) is 0 Å². The fourth-order valence-corrected chi connectivity index (χ4v) is 3.47. The Bertz CT molecular complexity index is 1330. The maximum absolute atomic E-state index is 12.9. The Morgan fingerprint density at radius 2 is 1.73 bits per heavy atom. The minimum absolute atomic E-state index is 0.136. The first-order chi connectivity index (χ1) is 15.7. The van der Waals surface area contributed by atoms with Crippen molar-refractivity contribution >= 4 is 29.0 Å². The van der Waals surface area contributed by atoms with Crippen LogP contribution >= 0.6 is 0 Å². The smallest absolute Gasteiger partial charge is 0.335 e. The van der Waals surface area contributed by atoms with Gasteiger partial charge in [-0.1, -0.05) is 24.3 Å². The molecule has 1 amide bonds. The van der Waals surface area contributed by atoms with Crippen LogP contribution in [-0.2, 0) is 4.79 Å². The number of benzene rings is 3. The third-order valence-electron chi connectivity index (χ3n) is 5.53. The van der Waals surface area contributed by atoms with Gasteiger partial charge in [-0.15, -0.1) is 0 Å². The molecule has 0 aliphatic carbocycles. The van der Waals surface area contributed by atoms with E-state index in [-0.39, 0.29) is 22.9 Å². The number of azo groups is 1. The number of anilines is 1. The summed E-state index contributed by atoms with van der Waals surface area (Å²) in [6.07, 6.45) is 0. The molecule has 1 atom stereocenters. The fraction of sp³-hybridized carbons (Fsp3) is 0.160. The van der Waals surface area contributed by atoms with Crippen molar-refractivity contribution in [1.82, 2.24) is 0 Å². The van der Waals surface area contributed by atoms with Gasteiger partial charge in [-0.2, -0.15) is 20.3 Å². The molecule has 0 spiro atoms. The van der Waals surface area contributed by atoms with Gasteiger partial charge < -0.3 is 10.2 Å². The summed E-state index contributed by atoms with van der Waals surface area (Å²) in [6, 6.07) is 15.9. The highest BCUT2D eigenvalue weighted by molar-refractivity contribution is 6.18. The fourth-order valence-electron chi connectivity index (χ4n) is 3.47. The minimum Gasteiger partial charge on any atom is -0.506 e. The lowest BCUT2D eigenvalue weighted by Gasteiger charge is -2.14. The molecule has 1 aliphatic rings. The molecule has 0 bridgehead atoms. The summed E-state index contributed by atoms with van der Waals surface area (Å²) in [5.74, 6) is -1.48. The lowest BCUT2D eigenvalue weighted by molar-refractivity contribution is -0.117. The number of hydrogen-bond donors (Lipinski definition) is 2. The Hall–Kier alpha value is -4.33. The van der Waals surface area contributed by atoms with Crippen LogP contribution < -0.4 is 5.01 Å². The second-order valence-electron chi connectivity index (χ2n) is 7.87. The average molecular weight is 442 g/mol. The summed E-state index contributed by atoms with van der Waals surface area (Å²) in [5.41, 5.74) is 4.96. The molecule has 1 heterocycles. The Labute approximate surface area is 190 Å². The number of hydrogen-bond acceptors (Lipinski definition) is 6. The summed E-state index contributed by atoms with van der Waals surface area (Å²) in [7, 11) is 0. The van der Waals surface area contributed by atoms with Gasteiger partial charge in [0.25, 0.3) is 5.91 Å². The topological polar surface area (TPSA) is 115 Å². The predicted molar refractivity (Wildman–Crippen MR) is 125 cm³/mol. The molecule has 33 heavy (non-hydrogen) atoms. The number of aryl methyl sites for hydroxylation is 2. The van der Waals surface area contributed by atoms with Crippen LogP contribution in [0.3, 0.4) is 0 Å². The van der Waals surface area contributed by atoms with Crippen molar-refractivity contribution in [2.45, 2.75) is 26.8 Å². The van der Waals surface area contributed by atoms with Crippen molar-refractivity contribution in [3.63, 3.8) is 0 Å². The van der Waals surface area contributed by atoms with E-state index in [9.17, 15) is 19.8 Å². The molecule has 0 saturated heterocycles. The van der Waals surface area contributed by atoms with E-state index in [0.29, 0.717) is 22.5 Å². The van der Waals surface area contributed by atoms with Crippen molar-refractivity contribution in [2.24, 2.45) is 15.3 Å².